The number of hydrogen-bond acceptors (Lipinski definition) is 1. The molecule has 0 aliphatic rings. The second kappa shape index (κ2) is 1.90. The van der Waals surface area contributed by atoms with E-state index in [2.05, 4.69) is 4.98 Å². The van der Waals surface area contributed by atoms with Gasteiger partial charge in [0, 0.05) is 9.81 Å². The van der Waals surface area contributed by atoms with Crippen LogP contribution in [0.5, 0.6) is 0 Å². The zero-order chi connectivity index (χ0) is 8.48. The van der Waals surface area contributed by atoms with Crippen LogP contribution in [0.1, 0.15) is 9.81 Å². The summed E-state index contributed by atoms with van der Waals surface area (Å²) in [5.74, 6) is -0.530. The van der Waals surface area contributed by atoms with Gasteiger partial charge in [0.25, 0.3) is 0 Å². The summed E-state index contributed by atoms with van der Waals surface area (Å²) in [4.78, 5) is 3.41. The maximum Gasteiger partial charge on any atom is 0.141 e. The Balaban J connectivity index is 2.99. The Morgan fingerprint density at radius 3 is 3.12 bits per heavy atom. The van der Waals surface area contributed by atoms with Crippen molar-refractivity contribution in [1.29, 1.82) is 0 Å². The van der Waals surface area contributed by atoms with Gasteiger partial charge in [-0.2, -0.15) is 0 Å². The van der Waals surface area contributed by atoms with E-state index in [1.165, 1.54) is 0 Å². The van der Waals surface area contributed by atoms with Gasteiger partial charge < -0.3 is 0 Å². The molecule has 0 N–H and O–H groups in total. The topological polar surface area (TPSA) is 12.9 Å². The summed E-state index contributed by atoms with van der Waals surface area (Å²) in [6.45, 7) is -2.24. The van der Waals surface area contributed by atoms with Crippen LogP contribution < -0.4 is 0 Å². The first-order valence-electron chi connectivity index (χ1n) is 3.62. The molecular weight excluding hydrogens is 105 g/mol. The molecule has 0 unspecified atom stereocenters. The highest BCUT2D eigenvalue weighted by molar-refractivity contribution is 5.02. The fraction of sp³-hybridized carbons (Fsp3) is 0.167. The predicted molar refractivity (Wildman–Crippen MR) is 28.9 cm³/mol. The van der Waals surface area contributed by atoms with Crippen molar-refractivity contribution in [3.63, 3.8) is 0 Å². The van der Waals surface area contributed by atoms with Crippen LogP contribution in [-0.2, 0) is 0 Å². The van der Waals surface area contributed by atoms with Gasteiger partial charge >= 0.3 is 0 Å². The summed E-state index contributed by atoms with van der Waals surface area (Å²) in [7, 11) is 0. The summed E-state index contributed by atoms with van der Waals surface area (Å²) in [6.07, 6.45) is 0.891. The lowest BCUT2D eigenvalue weighted by Gasteiger charge is -1.86. The third kappa shape index (κ3) is 1.03. The second-order valence-corrected chi connectivity index (χ2v) is 1.36. The molecule has 0 radical (unpaired) electrons. The van der Waals surface area contributed by atoms with Crippen LogP contribution in [-0.4, -0.2) is 4.98 Å². The molecular formula is C6H6FN. The lowest BCUT2D eigenvalue weighted by molar-refractivity contribution is 0.620. The van der Waals surface area contributed by atoms with Gasteiger partial charge in [-0.25, -0.2) is 4.39 Å². The fourth-order valence-corrected chi connectivity index (χ4v) is 0.376. The monoisotopic (exact) mass is 114 g/mol. The van der Waals surface area contributed by atoms with Gasteiger partial charge in [-0.3, -0.25) is 4.98 Å². The second-order valence-electron chi connectivity index (χ2n) is 1.36. The molecule has 1 rings (SSSR count). The molecule has 0 saturated carbocycles. The van der Waals surface area contributed by atoms with Gasteiger partial charge in [-0.15, -0.1) is 0 Å². The molecule has 0 aliphatic heterocycles. The zero-order valence-electron chi connectivity index (χ0n) is 7.06. The summed E-state index contributed by atoms with van der Waals surface area (Å²) in [5.41, 5.74) is -0.0844. The van der Waals surface area contributed by atoms with E-state index in [9.17, 15) is 4.39 Å². The number of pyridine rings is 1. The van der Waals surface area contributed by atoms with Crippen molar-refractivity contribution in [3.8, 4) is 0 Å². The van der Waals surface area contributed by atoms with Crippen LogP contribution in [0.15, 0.2) is 18.3 Å². The van der Waals surface area contributed by atoms with E-state index in [-0.39, 0.29) is 5.69 Å². The van der Waals surface area contributed by atoms with Crippen molar-refractivity contribution in [2.45, 2.75) is 6.85 Å². The van der Waals surface area contributed by atoms with Crippen LogP contribution in [0.25, 0.3) is 0 Å². The smallest absolute Gasteiger partial charge is 0.141 e. The first kappa shape index (κ1) is 2.58. The quantitative estimate of drug-likeness (QED) is 0.498. The first-order chi connectivity index (χ1) is 5.00. The van der Waals surface area contributed by atoms with Crippen molar-refractivity contribution in [1.82, 2.24) is 4.98 Å². The van der Waals surface area contributed by atoms with E-state index in [1.807, 2.05) is 0 Å². The molecule has 0 saturated heterocycles. The maximum atomic E-state index is 12.2. The number of aryl methyl sites for hydroxylation is 1. The molecule has 0 aliphatic carbocycles. The lowest BCUT2D eigenvalue weighted by Crippen LogP contribution is -1.79. The summed E-state index contributed by atoms with van der Waals surface area (Å²) in [5, 5.41) is 0. The summed E-state index contributed by atoms with van der Waals surface area (Å²) < 4.78 is 32.9. The van der Waals surface area contributed by atoms with Gasteiger partial charge in [-0.1, -0.05) is 0 Å². The largest absolute Gasteiger partial charge is 0.259 e. The van der Waals surface area contributed by atoms with Crippen molar-refractivity contribution in [2.24, 2.45) is 0 Å². The molecule has 8 heavy (non-hydrogen) atoms. The molecule has 1 aromatic rings. The Morgan fingerprint density at radius 1 is 1.75 bits per heavy atom. The van der Waals surface area contributed by atoms with E-state index in [0.29, 0.717) is 0 Å². The van der Waals surface area contributed by atoms with Crippen LogP contribution in [0.4, 0.5) is 4.39 Å². The summed E-state index contributed by atoms with van der Waals surface area (Å²) >= 11 is 0. The Morgan fingerprint density at radius 2 is 2.62 bits per heavy atom. The van der Waals surface area contributed by atoms with Crippen LogP contribution in [0, 0.1) is 12.7 Å². The minimum atomic E-state index is -2.24. The van der Waals surface area contributed by atoms with Gasteiger partial charge in [0.05, 0.1) is 6.20 Å². The SMILES string of the molecule is [2H]C([2H])([2H])c1ccc(F)cn1. The van der Waals surface area contributed by atoms with Crippen LogP contribution in [0.2, 0.25) is 0 Å². The van der Waals surface area contributed by atoms with Crippen molar-refractivity contribution >= 4 is 0 Å². The third-order valence-electron chi connectivity index (χ3n) is 0.727. The summed E-state index contributed by atoms with van der Waals surface area (Å²) in [6, 6.07) is 2.23. The van der Waals surface area contributed by atoms with Crippen LogP contribution in [0.3, 0.4) is 0 Å². The Hall–Kier alpha value is -0.920. The Labute approximate surface area is 51.4 Å². The van der Waals surface area contributed by atoms with E-state index in [0.717, 1.165) is 18.3 Å². The average molecular weight is 114 g/mol. The van der Waals surface area contributed by atoms with Gasteiger partial charge in [0.1, 0.15) is 5.82 Å². The standard InChI is InChI=1S/C6H6FN/c1-5-2-3-6(7)4-8-5/h2-4H,1H3/i1D3. The molecule has 42 valence electrons. The van der Waals surface area contributed by atoms with Crippen molar-refractivity contribution in [2.75, 3.05) is 0 Å². The minimum Gasteiger partial charge on any atom is -0.259 e. The van der Waals surface area contributed by atoms with E-state index < -0.39 is 12.7 Å². The van der Waals surface area contributed by atoms with Crippen molar-refractivity contribution < 1.29 is 8.50 Å². The molecule has 0 spiro atoms. The highest BCUT2D eigenvalue weighted by Gasteiger charge is 1.84. The first-order valence-corrected chi connectivity index (χ1v) is 2.12. The van der Waals surface area contributed by atoms with Gasteiger partial charge in [0.2, 0.25) is 0 Å². The normalized spacial score (nSPS) is 16.4. The maximum absolute atomic E-state index is 12.2. The number of aromatic nitrogens is 1. The van der Waals surface area contributed by atoms with E-state index in [1.54, 1.807) is 0 Å². The molecule has 2 heteroatoms. The molecule has 0 fully saturated rings. The molecule has 0 atom stereocenters. The van der Waals surface area contributed by atoms with Crippen LogP contribution >= 0.6 is 0 Å². The number of nitrogens with zero attached hydrogens (tertiary/aromatic N) is 1. The van der Waals surface area contributed by atoms with E-state index in [4.69, 9.17) is 4.11 Å². The molecule has 0 bridgehead atoms. The molecule has 1 heterocycles. The predicted octanol–water partition coefficient (Wildman–Crippen LogP) is 1.53. The zero-order valence-corrected chi connectivity index (χ0v) is 4.06. The highest BCUT2D eigenvalue weighted by Crippen LogP contribution is 1.94. The average Bonchev–Trinajstić information content (AvgIpc) is 1.86. The Bertz CT molecular complexity index is 241. The minimum absolute atomic E-state index is 0.0844. The molecule has 1 nitrogen and oxygen atoms in total. The Kier molecular flexibility index (Phi) is 0.613. The third-order valence-corrected chi connectivity index (χ3v) is 0.727. The van der Waals surface area contributed by atoms with Gasteiger partial charge in [0.15, 0.2) is 0 Å². The lowest BCUT2D eigenvalue weighted by atomic mass is 10.4. The number of rotatable bonds is 0. The molecule has 1 aromatic heterocycles. The fourth-order valence-electron chi connectivity index (χ4n) is 0.376. The number of halogens is 1. The molecule has 0 amide bonds. The highest BCUT2D eigenvalue weighted by atomic mass is 19.1. The van der Waals surface area contributed by atoms with Crippen molar-refractivity contribution in [3.05, 3.63) is 29.8 Å². The molecule has 0 aromatic carbocycles. The number of hydrogen-bond donors (Lipinski definition) is 0. The van der Waals surface area contributed by atoms with E-state index >= 15 is 0 Å². The van der Waals surface area contributed by atoms with Gasteiger partial charge in [-0.05, 0) is 19.0 Å².